The molecule has 0 atom stereocenters. The van der Waals surface area contributed by atoms with Crippen molar-refractivity contribution in [1.82, 2.24) is 10.2 Å². The smallest absolute Gasteiger partial charge is 0.372 e. The zero-order valence-corrected chi connectivity index (χ0v) is 12.4. The molecule has 0 unspecified atom stereocenters. The molecule has 0 fully saturated rings. The minimum atomic E-state index is -1.07. The second-order valence-electron chi connectivity index (χ2n) is 5.06. The van der Waals surface area contributed by atoms with Gasteiger partial charge in [-0.25, -0.2) is 4.79 Å². The third kappa shape index (κ3) is 4.70. The van der Waals surface area contributed by atoms with Gasteiger partial charge < -0.3 is 14.8 Å². The van der Waals surface area contributed by atoms with Crippen LogP contribution in [-0.2, 0) is 11.3 Å². The average molecular weight is 282 g/mol. The molecule has 1 aromatic rings. The van der Waals surface area contributed by atoms with Crippen LogP contribution in [0.25, 0.3) is 0 Å². The molecule has 0 aromatic carbocycles. The van der Waals surface area contributed by atoms with Crippen LogP contribution < -0.4 is 5.32 Å². The number of carboxylic acid groups (broad SMARTS) is 1. The van der Waals surface area contributed by atoms with Gasteiger partial charge in [-0.2, -0.15) is 0 Å². The lowest BCUT2D eigenvalue weighted by Crippen LogP contribution is -2.39. The Morgan fingerprint density at radius 3 is 2.55 bits per heavy atom. The number of hydrogen-bond acceptors (Lipinski definition) is 4. The van der Waals surface area contributed by atoms with Gasteiger partial charge in [-0.15, -0.1) is 0 Å². The molecule has 6 heteroatoms. The molecule has 0 spiro atoms. The Morgan fingerprint density at radius 2 is 2.10 bits per heavy atom. The fourth-order valence-electron chi connectivity index (χ4n) is 1.91. The molecule has 0 bridgehead atoms. The minimum absolute atomic E-state index is 0.0392. The Labute approximate surface area is 118 Å². The Morgan fingerprint density at radius 1 is 1.45 bits per heavy atom. The van der Waals surface area contributed by atoms with Gasteiger partial charge in [-0.05, 0) is 33.4 Å². The first-order valence-corrected chi connectivity index (χ1v) is 6.67. The molecule has 6 nitrogen and oxygen atoms in total. The molecular formula is C14H22N2O4. The highest BCUT2D eigenvalue weighted by atomic mass is 16.4. The van der Waals surface area contributed by atoms with Crippen LogP contribution in [0.2, 0.25) is 0 Å². The number of likely N-dealkylation sites (N-methyl/N-ethyl adjacent to an activating group) is 1. The van der Waals surface area contributed by atoms with Crippen LogP contribution in [0.1, 0.15) is 42.6 Å². The number of aryl methyl sites for hydroxylation is 1. The molecule has 2 N–H and O–H groups in total. The van der Waals surface area contributed by atoms with Gasteiger partial charge in [0, 0.05) is 11.6 Å². The lowest BCUT2D eigenvalue weighted by molar-refractivity contribution is -0.122. The van der Waals surface area contributed by atoms with Crippen LogP contribution in [0.3, 0.4) is 0 Å². The summed E-state index contributed by atoms with van der Waals surface area (Å²) in [7, 11) is 0. The predicted molar refractivity (Wildman–Crippen MR) is 74.6 cm³/mol. The number of aromatic carboxylic acids is 1. The molecule has 0 aliphatic heterocycles. The molecule has 1 aromatic heterocycles. The SMILES string of the molecule is CCN(CC(=O)NC(C)C)Cc1cc(C)c(C(=O)O)o1. The topological polar surface area (TPSA) is 82.8 Å². The molecule has 112 valence electrons. The number of amides is 1. The lowest BCUT2D eigenvalue weighted by Gasteiger charge is -2.19. The van der Waals surface area contributed by atoms with Crippen molar-refractivity contribution in [3.05, 3.63) is 23.2 Å². The molecule has 1 rings (SSSR count). The quantitative estimate of drug-likeness (QED) is 0.794. The molecule has 0 saturated heterocycles. The maximum atomic E-state index is 11.7. The fourth-order valence-corrected chi connectivity index (χ4v) is 1.91. The van der Waals surface area contributed by atoms with Crippen LogP contribution in [0.5, 0.6) is 0 Å². The number of carbonyl (C=O) groups is 2. The van der Waals surface area contributed by atoms with Gasteiger partial charge in [0.25, 0.3) is 0 Å². The largest absolute Gasteiger partial charge is 0.475 e. The highest BCUT2D eigenvalue weighted by Crippen LogP contribution is 2.16. The summed E-state index contributed by atoms with van der Waals surface area (Å²) in [6, 6.07) is 1.80. The van der Waals surface area contributed by atoms with E-state index in [1.54, 1.807) is 13.0 Å². The minimum Gasteiger partial charge on any atom is -0.475 e. The van der Waals surface area contributed by atoms with Crippen LogP contribution in [-0.4, -0.2) is 41.0 Å². The fraction of sp³-hybridized carbons (Fsp3) is 0.571. The van der Waals surface area contributed by atoms with Gasteiger partial charge in [0.1, 0.15) is 5.76 Å². The monoisotopic (exact) mass is 282 g/mol. The molecule has 1 heterocycles. The molecule has 0 radical (unpaired) electrons. The van der Waals surface area contributed by atoms with E-state index in [0.29, 0.717) is 24.4 Å². The number of carboxylic acids is 1. The van der Waals surface area contributed by atoms with Crippen molar-refractivity contribution in [1.29, 1.82) is 0 Å². The first kappa shape index (κ1) is 16.2. The van der Waals surface area contributed by atoms with Gasteiger partial charge in [0.2, 0.25) is 11.7 Å². The molecule has 0 aliphatic carbocycles. The first-order valence-electron chi connectivity index (χ1n) is 6.67. The van der Waals surface area contributed by atoms with Gasteiger partial charge in [0.15, 0.2) is 0 Å². The lowest BCUT2D eigenvalue weighted by atomic mass is 10.2. The number of carbonyl (C=O) groups excluding carboxylic acids is 1. The van der Waals surface area contributed by atoms with Gasteiger partial charge in [-0.3, -0.25) is 9.69 Å². The second-order valence-corrected chi connectivity index (χ2v) is 5.06. The summed E-state index contributed by atoms with van der Waals surface area (Å²) in [5.41, 5.74) is 0.593. The van der Waals surface area contributed by atoms with E-state index in [9.17, 15) is 9.59 Å². The maximum Gasteiger partial charge on any atom is 0.372 e. The molecule has 20 heavy (non-hydrogen) atoms. The average Bonchev–Trinajstić information content (AvgIpc) is 2.68. The zero-order valence-electron chi connectivity index (χ0n) is 12.4. The summed E-state index contributed by atoms with van der Waals surface area (Å²) in [4.78, 5) is 24.5. The van der Waals surface area contributed by atoms with Crippen LogP contribution in [0.4, 0.5) is 0 Å². The molecule has 0 saturated carbocycles. The van der Waals surface area contributed by atoms with E-state index >= 15 is 0 Å². The third-order valence-electron chi connectivity index (χ3n) is 2.81. The van der Waals surface area contributed by atoms with Crippen molar-refractivity contribution in [2.24, 2.45) is 0 Å². The van der Waals surface area contributed by atoms with Crippen molar-refractivity contribution in [3.63, 3.8) is 0 Å². The van der Waals surface area contributed by atoms with Crippen molar-refractivity contribution < 1.29 is 19.1 Å². The Balaban J connectivity index is 2.66. The van der Waals surface area contributed by atoms with Gasteiger partial charge in [-0.1, -0.05) is 6.92 Å². The Hall–Kier alpha value is -1.82. The normalized spacial score (nSPS) is 11.1. The second kappa shape index (κ2) is 7.09. The van der Waals surface area contributed by atoms with E-state index < -0.39 is 5.97 Å². The van der Waals surface area contributed by atoms with E-state index in [4.69, 9.17) is 9.52 Å². The first-order chi connectivity index (χ1) is 9.33. The number of rotatable bonds is 7. The van der Waals surface area contributed by atoms with E-state index in [-0.39, 0.29) is 24.3 Å². The number of nitrogens with zero attached hydrogens (tertiary/aromatic N) is 1. The number of furan rings is 1. The van der Waals surface area contributed by atoms with Crippen LogP contribution in [0.15, 0.2) is 10.5 Å². The Kier molecular flexibility index (Phi) is 5.76. The summed E-state index contributed by atoms with van der Waals surface area (Å²) in [6.07, 6.45) is 0. The van der Waals surface area contributed by atoms with E-state index in [2.05, 4.69) is 5.32 Å². The Bertz CT molecular complexity index is 480. The summed E-state index contributed by atoms with van der Waals surface area (Å²) < 4.78 is 5.30. The summed E-state index contributed by atoms with van der Waals surface area (Å²) in [6.45, 7) is 8.79. The summed E-state index contributed by atoms with van der Waals surface area (Å²) in [5, 5.41) is 11.8. The highest BCUT2D eigenvalue weighted by Gasteiger charge is 2.17. The van der Waals surface area contributed by atoms with Crippen molar-refractivity contribution in [2.45, 2.75) is 40.3 Å². The van der Waals surface area contributed by atoms with Crippen LogP contribution >= 0.6 is 0 Å². The van der Waals surface area contributed by atoms with E-state index in [1.807, 2.05) is 25.7 Å². The predicted octanol–water partition coefficient (Wildman–Crippen LogP) is 1.63. The third-order valence-corrected chi connectivity index (χ3v) is 2.81. The number of nitrogens with one attached hydrogen (secondary N) is 1. The summed E-state index contributed by atoms with van der Waals surface area (Å²) >= 11 is 0. The zero-order chi connectivity index (χ0) is 15.3. The van der Waals surface area contributed by atoms with Crippen molar-refractivity contribution >= 4 is 11.9 Å². The molecular weight excluding hydrogens is 260 g/mol. The standard InChI is InChI=1S/C14H22N2O4/c1-5-16(8-12(17)15-9(2)3)7-11-6-10(4)13(20-11)14(18)19/h6,9H,5,7-8H2,1-4H3,(H,15,17)(H,18,19). The highest BCUT2D eigenvalue weighted by molar-refractivity contribution is 5.86. The molecule has 0 aliphatic rings. The molecule has 1 amide bonds. The number of hydrogen-bond donors (Lipinski definition) is 2. The summed E-state index contributed by atoms with van der Waals surface area (Å²) in [5.74, 6) is -0.611. The van der Waals surface area contributed by atoms with Gasteiger partial charge >= 0.3 is 5.97 Å². The van der Waals surface area contributed by atoms with E-state index in [0.717, 1.165) is 0 Å². The maximum absolute atomic E-state index is 11.7. The van der Waals surface area contributed by atoms with Gasteiger partial charge in [0.05, 0.1) is 13.1 Å². The van der Waals surface area contributed by atoms with Crippen molar-refractivity contribution in [3.8, 4) is 0 Å². The van der Waals surface area contributed by atoms with Crippen molar-refractivity contribution in [2.75, 3.05) is 13.1 Å². The van der Waals surface area contributed by atoms with E-state index in [1.165, 1.54) is 0 Å². The van der Waals surface area contributed by atoms with Crippen LogP contribution in [0, 0.1) is 6.92 Å².